The summed E-state index contributed by atoms with van der Waals surface area (Å²) in [7, 11) is 0. The zero-order valence-electron chi connectivity index (χ0n) is 46.0. The molecule has 81 heavy (non-hydrogen) atoms. The summed E-state index contributed by atoms with van der Waals surface area (Å²) < 4.78 is 0. The van der Waals surface area contributed by atoms with Gasteiger partial charge in [0.15, 0.2) is 0 Å². The molecule has 0 fully saturated rings. The first-order valence-corrected chi connectivity index (χ1v) is 28.6. The molecule has 4 aliphatic rings. The summed E-state index contributed by atoms with van der Waals surface area (Å²) in [6.45, 7) is 9.53. The van der Waals surface area contributed by atoms with E-state index in [1.54, 1.807) is 0 Å². The van der Waals surface area contributed by atoms with Gasteiger partial charge in [0.1, 0.15) is 0 Å². The summed E-state index contributed by atoms with van der Waals surface area (Å²) in [5.74, 6) is 0. The summed E-state index contributed by atoms with van der Waals surface area (Å²) in [4.78, 5) is 5.02. The van der Waals surface area contributed by atoms with E-state index in [0.717, 1.165) is 34.1 Å². The molecule has 12 aromatic rings. The van der Waals surface area contributed by atoms with Crippen LogP contribution in [0.4, 0.5) is 34.1 Å². The Morgan fingerprint density at radius 2 is 0.469 bits per heavy atom. The van der Waals surface area contributed by atoms with E-state index >= 15 is 0 Å². The molecule has 384 valence electrons. The number of fused-ring (bicyclic) bond motifs is 16. The molecule has 0 radical (unpaired) electrons. The SMILES string of the molecule is CC1(C)c2ccccc2-c2ccc(N(c3cccc(-c4ccccc4)c3)c3ccc4c(c3)C3(c5ccccc5-c5ccccc53)c3cc(N(c5cccc(-c6ccccc6)c5)c5ccc6c(c5)C(C)(C)c5ccccc5-6)ccc3-4)cc21. The quantitative estimate of drug-likeness (QED) is 0.150. The minimum atomic E-state index is -0.637. The summed E-state index contributed by atoms with van der Waals surface area (Å²) in [6, 6.07) is 105. The van der Waals surface area contributed by atoms with Crippen LogP contribution in [0.25, 0.3) is 66.8 Å². The molecular weight excluding hydrogens is 977 g/mol. The fraction of sp³-hybridized carbons (Fsp3) is 0.0886. The van der Waals surface area contributed by atoms with Gasteiger partial charge in [0.05, 0.1) is 5.41 Å². The van der Waals surface area contributed by atoms with Gasteiger partial charge in [-0.2, -0.15) is 0 Å². The molecule has 1 spiro atoms. The molecule has 0 aliphatic heterocycles. The van der Waals surface area contributed by atoms with Gasteiger partial charge in [-0.3, -0.25) is 0 Å². The molecule has 2 nitrogen and oxygen atoms in total. The molecule has 2 heteroatoms. The van der Waals surface area contributed by atoms with Gasteiger partial charge in [-0.05, 0) is 184 Å². The molecule has 0 N–H and O–H groups in total. The van der Waals surface area contributed by atoms with Gasteiger partial charge in [0.25, 0.3) is 0 Å². The van der Waals surface area contributed by atoms with Crippen molar-refractivity contribution in [3.63, 3.8) is 0 Å². The molecule has 0 unspecified atom stereocenters. The van der Waals surface area contributed by atoms with Crippen molar-refractivity contribution < 1.29 is 0 Å². The molecule has 4 aliphatic carbocycles. The summed E-state index contributed by atoms with van der Waals surface area (Å²) in [6.07, 6.45) is 0. The van der Waals surface area contributed by atoms with Crippen molar-refractivity contribution in [3.8, 4) is 66.8 Å². The van der Waals surface area contributed by atoms with Gasteiger partial charge in [0.2, 0.25) is 0 Å². The normalized spacial score (nSPS) is 14.5. The van der Waals surface area contributed by atoms with Crippen LogP contribution in [0.1, 0.15) is 72.2 Å². The van der Waals surface area contributed by atoms with E-state index < -0.39 is 5.41 Å². The molecule has 0 amide bonds. The second-order valence-corrected chi connectivity index (χ2v) is 23.6. The predicted octanol–water partition coefficient (Wildman–Crippen LogP) is 20.9. The molecule has 16 rings (SSSR count). The van der Waals surface area contributed by atoms with E-state index in [-0.39, 0.29) is 10.8 Å². The van der Waals surface area contributed by atoms with Crippen LogP contribution in [0.2, 0.25) is 0 Å². The van der Waals surface area contributed by atoms with E-state index in [9.17, 15) is 0 Å². The lowest BCUT2D eigenvalue weighted by atomic mass is 9.70. The Balaban J connectivity index is 0.925. The number of anilines is 6. The lowest BCUT2D eigenvalue weighted by molar-refractivity contribution is 0.660. The number of benzene rings is 12. The van der Waals surface area contributed by atoms with Gasteiger partial charge < -0.3 is 9.80 Å². The van der Waals surface area contributed by atoms with Gasteiger partial charge in [-0.15, -0.1) is 0 Å². The lowest BCUT2D eigenvalue weighted by Crippen LogP contribution is -2.26. The molecule has 0 aromatic heterocycles. The largest absolute Gasteiger partial charge is 0.310 e. The first-order valence-electron chi connectivity index (χ1n) is 28.6. The zero-order chi connectivity index (χ0) is 54.2. The first kappa shape index (κ1) is 47.3. The second-order valence-electron chi connectivity index (χ2n) is 23.6. The van der Waals surface area contributed by atoms with Crippen LogP contribution in [0.15, 0.2) is 279 Å². The second kappa shape index (κ2) is 17.6. The molecule has 0 bridgehead atoms. The van der Waals surface area contributed by atoms with Gasteiger partial charge in [0, 0.05) is 45.0 Å². The van der Waals surface area contributed by atoms with Crippen LogP contribution in [0.3, 0.4) is 0 Å². The van der Waals surface area contributed by atoms with Crippen molar-refractivity contribution in [1.82, 2.24) is 0 Å². The van der Waals surface area contributed by atoms with Crippen molar-refractivity contribution in [1.29, 1.82) is 0 Å². The van der Waals surface area contributed by atoms with Crippen molar-refractivity contribution in [3.05, 3.63) is 324 Å². The lowest BCUT2D eigenvalue weighted by Gasteiger charge is -2.34. The highest BCUT2D eigenvalue weighted by atomic mass is 15.1. The molecule has 0 atom stereocenters. The van der Waals surface area contributed by atoms with E-state index in [2.05, 4.69) is 317 Å². The Morgan fingerprint density at radius 1 is 0.198 bits per heavy atom. The molecule has 0 saturated carbocycles. The number of rotatable bonds is 8. The van der Waals surface area contributed by atoms with Crippen molar-refractivity contribution in [2.75, 3.05) is 9.80 Å². The maximum atomic E-state index is 2.54. The van der Waals surface area contributed by atoms with Gasteiger partial charge >= 0.3 is 0 Å². The van der Waals surface area contributed by atoms with Crippen LogP contribution in [0.5, 0.6) is 0 Å². The number of nitrogens with zero attached hydrogens (tertiary/aromatic N) is 2. The van der Waals surface area contributed by atoms with Crippen molar-refractivity contribution in [2.24, 2.45) is 0 Å². The fourth-order valence-electron chi connectivity index (χ4n) is 14.9. The van der Waals surface area contributed by atoms with Crippen LogP contribution < -0.4 is 9.80 Å². The highest BCUT2D eigenvalue weighted by Gasteiger charge is 2.52. The van der Waals surface area contributed by atoms with Crippen molar-refractivity contribution in [2.45, 2.75) is 43.9 Å². The van der Waals surface area contributed by atoms with Crippen molar-refractivity contribution >= 4 is 34.1 Å². The van der Waals surface area contributed by atoms with Crippen LogP contribution in [-0.4, -0.2) is 0 Å². The van der Waals surface area contributed by atoms with Gasteiger partial charge in [-0.1, -0.05) is 234 Å². The van der Waals surface area contributed by atoms with Crippen LogP contribution in [-0.2, 0) is 16.2 Å². The topological polar surface area (TPSA) is 6.48 Å². The first-order chi connectivity index (χ1) is 39.7. The maximum Gasteiger partial charge on any atom is 0.0727 e. The maximum absolute atomic E-state index is 2.54. The highest BCUT2D eigenvalue weighted by Crippen LogP contribution is 2.64. The van der Waals surface area contributed by atoms with E-state index in [1.807, 2.05) is 0 Å². The van der Waals surface area contributed by atoms with E-state index in [1.165, 1.54) is 111 Å². The van der Waals surface area contributed by atoms with Crippen LogP contribution in [0, 0.1) is 0 Å². The fourth-order valence-corrected chi connectivity index (χ4v) is 14.9. The smallest absolute Gasteiger partial charge is 0.0727 e. The Kier molecular flexibility index (Phi) is 10.3. The Hall–Kier alpha value is -9.76. The average Bonchev–Trinajstić information content (AvgIpc) is 4.08. The van der Waals surface area contributed by atoms with E-state index in [4.69, 9.17) is 0 Å². The average molecular weight is 1040 g/mol. The van der Waals surface area contributed by atoms with Gasteiger partial charge in [-0.25, -0.2) is 0 Å². The molecule has 12 aromatic carbocycles. The molecule has 0 saturated heterocycles. The minimum Gasteiger partial charge on any atom is -0.310 e. The minimum absolute atomic E-state index is 0.171. The Morgan fingerprint density at radius 3 is 0.852 bits per heavy atom. The summed E-state index contributed by atoms with van der Waals surface area (Å²) in [5.41, 5.74) is 31.4. The van der Waals surface area contributed by atoms with E-state index in [0.29, 0.717) is 0 Å². The Bertz CT molecular complexity index is 4250. The Labute approximate surface area is 475 Å². The molecular formula is C79H58N2. The predicted molar refractivity (Wildman–Crippen MR) is 338 cm³/mol. The number of hydrogen-bond acceptors (Lipinski definition) is 2. The zero-order valence-corrected chi connectivity index (χ0v) is 46.0. The third kappa shape index (κ3) is 6.87. The summed E-state index contributed by atoms with van der Waals surface area (Å²) in [5, 5.41) is 0. The third-order valence-corrected chi connectivity index (χ3v) is 18.6. The monoisotopic (exact) mass is 1030 g/mol. The third-order valence-electron chi connectivity index (χ3n) is 18.6. The standard InChI is InChI=1S/C79H58N2/c1-77(2)69-33-15-11-29-61(69)65-41-37-57(47-73(65)77)80(55-27-19-25-53(45-55)51-21-7-5-8-22-51)59-39-43-67-68-44-40-60(50-76(68)79(75(67)49-59)71-35-17-13-31-63(71)64-32-14-18-36-72(64)79)81(56-28-20-26-54(46-56)52-23-9-6-10-24-52)58-38-42-66-62-30-12-16-34-70(62)78(3,4)74(66)48-58/h5-50H,1-4H3. The van der Waals surface area contributed by atoms with Crippen LogP contribution >= 0.6 is 0 Å². The molecule has 0 heterocycles. The number of hydrogen-bond donors (Lipinski definition) is 0. The highest BCUT2D eigenvalue weighted by molar-refractivity contribution is 5.98. The summed E-state index contributed by atoms with van der Waals surface area (Å²) >= 11 is 0.